The third kappa shape index (κ3) is 7.43. The van der Waals surface area contributed by atoms with Gasteiger partial charge in [0.2, 0.25) is 5.91 Å². The highest BCUT2D eigenvalue weighted by molar-refractivity contribution is 8.57. The number of carbonyl (C=O) groups is 1. The molecule has 24 heavy (non-hydrogen) atoms. The van der Waals surface area contributed by atoms with Crippen molar-refractivity contribution in [1.29, 1.82) is 0 Å². The second-order valence-electron chi connectivity index (χ2n) is 4.87. The Bertz CT molecular complexity index is 620. The van der Waals surface area contributed by atoms with Crippen LogP contribution >= 0.6 is 18.0 Å². The molecular formula is C16H24NO5PS. The lowest BCUT2D eigenvalue weighted by molar-refractivity contribution is -0.118. The summed E-state index contributed by atoms with van der Waals surface area (Å²) in [5.74, 6) is 2.47. The molecule has 0 fully saturated rings. The van der Waals surface area contributed by atoms with E-state index in [4.69, 9.17) is 9.26 Å². The maximum absolute atomic E-state index is 12.7. The number of phenols is 1. The fraction of sp³-hybridized carbons (Fsp3) is 0.438. The van der Waals surface area contributed by atoms with Crippen molar-refractivity contribution in [2.75, 3.05) is 26.0 Å². The van der Waals surface area contributed by atoms with E-state index >= 15 is 0 Å². The van der Waals surface area contributed by atoms with Crippen molar-refractivity contribution in [3.05, 3.63) is 35.7 Å². The Balaban J connectivity index is 2.64. The number of amides is 1. The highest BCUT2D eigenvalue weighted by Gasteiger charge is 2.19. The van der Waals surface area contributed by atoms with Crippen LogP contribution < -0.4 is 10.1 Å². The molecule has 0 heterocycles. The van der Waals surface area contributed by atoms with Crippen molar-refractivity contribution >= 4 is 23.9 Å². The average molecular weight is 373 g/mol. The van der Waals surface area contributed by atoms with Crippen molar-refractivity contribution < 1.29 is 23.7 Å². The number of nitrogens with one attached hydrogen (secondary N) is 1. The first-order valence-corrected chi connectivity index (χ1v) is 10.9. The lowest BCUT2D eigenvalue weighted by atomic mass is 10.1. The maximum atomic E-state index is 12.7. The molecule has 1 unspecified atom stereocenters. The van der Waals surface area contributed by atoms with E-state index in [0.29, 0.717) is 31.1 Å². The van der Waals surface area contributed by atoms with Gasteiger partial charge in [-0.15, -0.1) is 0 Å². The fourth-order valence-corrected chi connectivity index (χ4v) is 5.38. The molecule has 6 nitrogen and oxygen atoms in total. The number of aromatic hydroxyl groups is 1. The van der Waals surface area contributed by atoms with E-state index in [2.05, 4.69) is 5.32 Å². The van der Waals surface area contributed by atoms with Gasteiger partial charge in [-0.1, -0.05) is 23.5 Å². The third-order valence-corrected chi connectivity index (χ3v) is 7.19. The first kappa shape index (κ1) is 20.6. The Morgan fingerprint density at radius 3 is 2.83 bits per heavy atom. The van der Waals surface area contributed by atoms with Gasteiger partial charge in [0.15, 0.2) is 11.5 Å². The number of carbonyl (C=O) groups excluding carboxylic acids is 1. The second-order valence-corrected chi connectivity index (χ2v) is 9.47. The second kappa shape index (κ2) is 10.4. The molecule has 134 valence electrons. The predicted molar refractivity (Wildman–Crippen MR) is 97.9 cm³/mol. The monoisotopic (exact) mass is 373 g/mol. The molecule has 1 atom stereocenters. The summed E-state index contributed by atoms with van der Waals surface area (Å²) in [6, 6.07) is 5.07. The third-order valence-electron chi connectivity index (χ3n) is 2.94. The molecule has 0 aliphatic heterocycles. The Kier molecular flexibility index (Phi) is 8.97. The molecule has 8 heteroatoms. The molecule has 0 aliphatic rings. The van der Waals surface area contributed by atoms with Gasteiger partial charge in [0, 0.05) is 25.0 Å². The molecule has 1 amide bonds. The van der Waals surface area contributed by atoms with Gasteiger partial charge in [-0.2, -0.15) is 0 Å². The van der Waals surface area contributed by atoms with Gasteiger partial charge in [-0.3, -0.25) is 9.36 Å². The molecule has 2 N–H and O–H groups in total. The van der Waals surface area contributed by atoms with Crippen LogP contribution in [0.4, 0.5) is 0 Å². The number of hydrogen-bond donors (Lipinski definition) is 2. The summed E-state index contributed by atoms with van der Waals surface area (Å²) in [7, 11) is 1.49. The van der Waals surface area contributed by atoms with Crippen molar-refractivity contribution in [2.24, 2.45) is 0 Å². The van der Waals surface area contributed by atoms with E-state index in [1.165, 1.54) is 25.4 Å². The first-order valence-electron chi connectivity index (χ1n) is 7.57. The molecule has 1 aromatic rings. The minimum atomic E-state index is -2.94. The number of allylic oxidation sites excluding steroid dienone is 1. The number of methoxy groups -OCH3 is 1. The number of hydrogen-bond acceptors (Lipinski definition) is 6. The highest BCUT2D eigenvalue weighted by Crippen LogP contribution is 2.60. The summed E-state index contributed by atoms with van der Waals surface area (Å²) < 4.78 is 23.2. The highest BCUT2D eigenvalue weighted by atomic mass is 32.7. The lowest BCUT2D eigenvalue weighted by Crippen LogP contribution is -2.22. The van der Waals surface area contributed by atoms with Gasteiger partial charge >= 0.3 is 0 Å². The molecular weight excluding hydrogens is 349 g/mol. The Morgan fingerprint density at radius 1 is 1.46 bits per heavy atom. The summed E-state index contributed by atoms with van der Waals surface area (Å²) in [6.07, 6.45) is 2.33. The zero-order valence-corrected chi connectivity index (χ0v) is 15.9. The van der Waals surface area contributed by atoms with Crippen LogP contribution in [0.3, 0.4) is 0 Å². The summed E-state index contributed by atoms with van der Waals surface area (Å²) in [6.45, 7) is 1.09. The Hall–Kier alpha value is -1.43. The summed E-state index contributed by atoms with van der Waals surface area (Å²) in [4.78, 5) is 10.8. The van der Waals surface area contributed by atoms with E-state index in [9.17, 15) is 14.5 Å². The van der Waals surface area contributed by atoms with Gasteiger partial charge < -0.3 is 19.7 Å². The average Bonchev–Trinajstić information content (AvgIpc) is 2.53. The van der Waals surface area contributed by atoms with Crippen LogP contribution in [0.1, 0.15) is 19.4 Å². The van der Waals surface area contributed by atoms with E-state index in [1.54, 1.807) is 37.0 Å². The Labute approximate surface area is 146 Å². The topological polar surface area (TPSA) is 84.9 Å². The predicted octanol–water partition coefficient (Wildman–Crippen LogP) is 3.56. The van der Waals surface area contributed by atoms with Crippen LogP contribution in [0, 0.1) is 0 Å². The van der Waals surface area contributed by atoms with E-state index < -0.39 is 6.57 Å². The molecule has 0 saturated carbocycles. The Morgan fingerprint density at radius 2 is 2.21 bits per heavy atom. The molecule has 0 bridgehead atoms. The van der Waals surface area contributed by atoms with Crippen LogP contribution in [0.25, 0.3) is 0 Å². The molecule has 0 aromatic heterocycles. The van der Waals surface area contributed by atoms with E-state index in [1.807, 2.05) is 0 Å². The number of ether oxygens (including phenoxy) is 1. The summed E-state index contributed by atoms with van der Waals surface area (Å²) in [5.41, 5.74) is 0.923. The van der Waals surface area contributed by atoms with Gasteiger partial charge in [-0.25, -0.2) is 0 Å². The normalized spacial score (nSPS) is 13.6. The van der Waals surface area contributed by atoms with Crippen LogP contribution in [0.5, 0.6) is 11.5 Å². The van der Waals surface area contributed by atoms with E-state index in [-0.39, 0.29) is 11.7 Å². The molecule has 0 spiro atoms. The molecule has 1 aromatic carbocycles. The lowest BCUT2D eigenvalue weighted by Gasteiger charge is -2.13. The van der Waals surface area contributed by atoms with Gasteiger partial charge in [0.1, 0.15) is 0 Å². The zero-order valence-electron chi connectivity index (χ0n) is 14.2. The van der Waals surface area contributed by atoms with Gasteiger partial charge in [-0.05, 0) is 31.0 Å². The largest absolute Gasteiger partial charge is 0.504 e. The number of rotatable bonds is 10. The van der Waals surface area contributed by atoms with Crippen molar-refractivity contribution in [1.82, 2.24) is 5.32 Å². The van der Waals surface area contributed by atoms with Crippen LogP contribution in [-0.2, 0) is 20.3 Å². The van der Waals surface area contributed by atoms with Gasteiger partial charge in [0.05, 0.1) is 13.7 Å². The standard InChI is InChI=1S/C16H24NO5PS/c1-4-22-23(20,24-11-9-17-13(2)18)10-5-6-14-7-8-15(19)16(12-14)21-3/h5,7-8,10,12,19H,4,6,9,11H2,1-3H3,(H,17,18)/b10-5+. The van der Waals surface area contributed by atoms with Gasteiger partial charge in [0.25, 0.3) is 6.57 Å². The summed E-state index contributed by atoms with van der Waals surface area (Å²) >= 11 is 1.20. The van der Waals surface area contributed by atoms with E-state index in [0.717, 1.165) is 5.56 Å². The maximum Gasteiger partial charge on any atom is 0.279 e. The molecule has 0 radical (unpaired) electrons. The van der Waals surface area contributed by atoms with Crippen molar-refractivity contribution in [2.45, 2.75) is 20.3 Å². The number of phenolic OH excluding ortho intramolecular Hbond substituents is 1. The molecule has 1 rings (SSSR count). The fourth-order valence-electron chi connectivity index (χ4n) is 1.87. The minimum absolute atomic E-state index is 0.0822. The van der Waals surface area contributed by atoms with Crippen LogP contribution in [-0.4, -0.2) is 37.0 Å². The smallest absolute Gasteiger partial charge is 0.279 e. The first-order chi connectivity index (χ1) is 11.4. The van der Waals surface area contributed by atoms with Crippen molar-refractivity contribution in [3.8, 4) is 11.5 Å². The minimum Gasteiger partial charge on any atom is -0.504 e. The number of benzene rings is 1. The van der Waals surface area contributed by atoms with Crippen LogP contribution in [0.15, 0.2) is 30.1 Å². The summed E-state index contributed by atoms with van der Waals surface area (Å²) in [5, 5.41) is 12.2. The molecule has 0 saturated heterocycles. The SMILES string of the molecule is CCOP(=O)(/C=C/Cc1ccc(O)c(OC)c1)SCCNC(C)=O. The zero-order chi connectivity index (χ0) is 18.0. The quantitative estimate of drug-likeness (QED) is 0.482. The molecule has 0 aliphatic carbocycles. The van der Waals surface area contributed by atoms with Crippen molar-refractivity contribution in [3.63, 3.8) is 0 Å². The van der Waals surface area contributed by atoms with Crippen LogP contribution in [0.2, 0.25) is 0 Å².